The Morgan fingerprint density at radius 2 is 1.88 bits per heavy atom. The number of rotatable bonds is 7. The van der Waals surface area contributed by atoms with Crippen LogP contribution in [-0.4, -0.2) is 18.7 Å². The van der Waals surface area contributed by atoms with Gasteiger partial charge >= 0.3 is 0 Å². The van der Waals surface area contributed by atoms with Crippen molar-refractivity contribution in [2.75, 3.05) is 6.61 Å². The number of hydrogen-bond donors (Lipinski definition) is 1. The predicted molar refractivity (Wildman–Crippen MR) is 101 cm³/mol. The fourth-order valence-corrected chi connectivity index (χ4v) is 3.66. The van der Waals surface area contributed by atoms with Crippen LogP contribution < -0.4 is 10.2 Å². The lowest BCUT2D eigenvalue weighted by Crippen LogP contribution is -2.21. The lowest BCUT2D eigenvalue weighted by atomic mass is 10.1. The SMILES string of the molecule is CCCCOc1ccc(/C=N\NC(=O)C2[C@H]3CCC=CCC[C@@H]23)cc1. The Labute approximate surface area is 150 Å². The van der Waals surface area contributed by atoms with Gasteiger partial charge in [-0.2, -0.15) is 5.10 Å². The van der Waals surface area contributed by atoms with Gasteiger partial charge in [0.25, 0.3) is 0 Å². The number of allylic oxidation sites excluding steroid dienone is 2. The molecular formula is C21H28N2O2. The monoisotopic (exact) mass is 340 g/mol. The van der Waals surface area contributed by atoms with E-state index in [1.165, 1.54) is 0 Å². The van der Waals surface area contributed by atoms with Gasteiger partial charge < -0.3 is 4.74 Å². The van der Waals surface area contributed by atoms with Crippen molar-refractivity contribution in [2.24, 2.45) is 22.9 Å². The summed E-state index contributed by atoms with van der Waals surface area (Å²) < 4.78 is 5.64. The van der Waals surface area contributed by atoms with Crippen molar-refractivity contribution in [3.05, 3.63) is 42.0 Å². The predicted octanol–water partition coefficient (Wildman–Crippen LogP) is 4.31. The maximum atomic E-state index is 12.3. The first-order valence-corrected chi connectivity index (χ1v) is 9.50. The van der Waals surface area contributed by atoms with E-state index >= 15 is 0 Å². The highest BCUT2D eigenvalue weighted by Gasteiger charge is 2.53. The van der Waals surface area contributed by atoms with Crippen LogP contribution in [0.5, 0.6) is 5.75 Å². The molecule has 0 radical (unpaired) electrons. The lowest BCUT2D eigenvalue weighted by Gasteiger charge is -2.04. The fraction of sp³-hybridized carbons (Fsp3) is 0.524. The Morgan fingerprint density at radius 1 is 1.20 bits per heavy atom. The molecule has 0 aliphatic heterocycles. The van der Waals surface area contributed by atoms with Gasteiger partial charge in [-0.05, 0) is 73.8 Å². The smallest absolute Gasteiger partial charge is 0.243 e. The summed E-state index contributed by atoms with van der Waals surface area (Å²) in [4.78, 5) is 12.3. The van der Waals surface area contributed by atoms with Gasteiger partial charge in [-0.3, -0.25) is 4.79 Å². The average molecular weight is 340 g/mol. The second-order valence-electron chi connectivity index (χ2n) is 6.98. The van der Waals surface area contributed by atoms with E-state index in [4.69, 9.17) is 4.74 Å². The van der Waals surface area contributed by atoms with Crippen LogP contribution in [-0.2, 0) is 4.79 Å². The fourth-order valence-electron chi connectivity index (χ4n) is 3.66. The first-order chi connectivity index (χ1) is 12.3. The Balaban J connectivity index is 1.44. The zero-order valence-electron chi connectivity index (χ0n) is 15.0. The Bertz CT molecular complexity index is 605. The number of ether oxygens (including phenoxy) is 1. The summed E-state index contributed by atoms with van der Waals surface area (Å²) >= 11 is 0. The molecule has 4 nitrogen and oxygen atoms in total. The Hall–Kier alpha value is -2.10. The molecule has 1 aromatic rings. The highest BCUT2D eigenvalue weighted by Crippen LogP contribution is 2.52. The van der Waals surface area contributed by atoms with Crippen molar-refractivity contribution in [2.45, 2.75) is 45.4 Å². The molecule has 1 N–H and O–H groups in total. The normalized spacial score (nSPS) is 25.1. The quantitative estimate of drug-likeness (QED) is 0.348. The number of nitrogens with zero attached hydrogens (tertiary/aromatic N) is 1. The summed E-state index contributed by atoms with van der Waals surface area (Å²) in [6, 6.07) is 7.78. The summed E-state index contributed by atoms with van der Waals surface area (Å²) in [7, 11) is 0. The van der Waals surface area contributed by atoms with Crippen molar-refractivity contribution in [3.63, 3.8) is 0 Å². The van der Waals surface area contributed by atoms with Crippen molar-refractivity contribution in [1.82, 2.24) is 5.43 Å². The molecule has 1 aromatic carbocycles. The van der Waals surface area contributed by atoms with E-state index in [1.807, 2.05) is 24.3 Å². The van der Waals surface area contributed by atoms with Crippen molar-refractivity contribution >= 4 is 12.1 Å². The van der Waals surface area contributed by atoms with Gasteiger partial charge in [0.2, 0.25) is 5.91 Å². The third-order valence-corrected chi connectivity index (χ3v) is 5.17. The molecule has 2 aliphatic carbocycles. The van der Waals surface area contributed by atoms with Crippen LogP contribution in [0.3, 0.4) is 0 Å². The molecule has 0 heterocycles. The molecule has 1 saturated carbocycles. The molecule has 0 aromatic heterocycles. The van der Waals surface area contributed by atoms with E-state index < -0.39 is 0 Å². The zero-order chi connectivity index (χ0) is 17.5. The summed E-state index contributed by atoms with van der Waals surface area (Å²) in [5.41, 5.74) is 3.68. The van der Waals surface area contributed by atoms with Gasteiger partial charge in [0.05, 0.1) is 12.8 Å². The molecule has 25 heavy (non-hydrogen) atoms. The van der Waals surface area contributed by atoms with Crippen LogP contribution in [0.2, 0.25) is 0 Å². The van der Waals surface area contributed by atoms with Crippen LogP contribution in [0.15, 0.2) is 41.5 Å². The van der Waals surface area contributed by atoms with Crippen molar-refractivity contribution < 1.29 is 9.53 Å². The summed E-state index contributed by atoms with van der Waals surface area (Å²) in [6.07, 6.45) is 12.8. The molecule has 3 rings (SSSR count). The van der Waals surface area contributed by atoms with Gasteiger partial charge in [0.15, 0.2) is 0 Å². The summed E-state index contributed by atoms with van der Waals surface area (Å²) in [5, 5.41) is 4.13. The van der Waals surface area contributed by atoms with Gasteiger partial charge in [0.1, 0.15) is 5.75 Å². The molecular weight excluding hydrogens is 312 g/mol. The van der Waals surface area contributed by atoms with Crippen LogP contribution in [0.1, 0.15) is 51.0 Å². The topological polar surface area (TPSA) is 50.7 Å². The number of hydrogen-bond acceptors (Lipinski definition) is 3. The van der Waals surface area contributed by atoms with Crippen LogP contribution in [0.25, 0.3) is 0 Å². The van der Waals surface area contributed by atoms with E-state index in [0.29, 0.717) is 11.8 Å². The number of carbonyl (C=O) groups excluding carboxylic acids is 1. The molecule has 4 heteroatoms. The van der Waals surface area contributed by atoms with Crippen molar-refractivity contribution in [1.29, 1.82) is 0 Å². The maximum Gasteiger partial charge on any atom is 0.243 e. The average Bonchev–Trinajstić information content (AvgIpc) is 3.27. The first kappa shape index (κ1) is 17.7. The van der Waals surface area contributed by atoms with E-state index in [-0.39, 0.29) is 11.8 Å². The van der Waals surface area contributed by atoms with Crippen LogP contribution >= 0.6 is 0 Å². The van der Waals surface area contributed by atoms with Gasteiger partial charge in [-0.15, -0.1) is 0 Å². The number of fused-ring (bicyclic) bond motifs is 1. The summed E-state index contributed by atoms with van der Waals surface area (Å²) in [6.45, 7) is 2.90. The number of carbonyl (C=O) groups is 1. The highest BCUT2D eigenvalue weighted by atomic mass is 16.5. The van der Waals surface area contributed by atoms with Gasteiger partial charge in [-0.1, -0.05) is 25.5 Å². The molecule has 1 fully saturated rings. The highest BCUT2D eigenvalue weighted by molar-refractivity contribution is 5.85. The lowest BCUT2D eigenvalue weighted by molar-refractivity contribution is -0.122. The molecule has 2 aliphatic rings. The number of benzene rings is 1. The third-order valence-electron chi connectivity index (χ3n) is 5.17. The van der Waals surface area contributed by atoms with E-state index in [1.54, 1.807) is 6.21 Å². The minimum absolute atomic E-state index is 0.0765. The molecule has 0 spiro atoms. The third kappa shape index (κ3) is 4.94. The minimum Gasteiger partial charge on any atom is -0.494 e. The first-order valence-electron chi connectivity index (χ1n) is 9.50. The zero-order valence-corrected chi connectivity index (χ0v) is 15.0. The second kappa shape index (κ2) is 8.84. The van der Waals surface area contributed by atoms with Crippen molar-refractivity contribution in [3.8, 4) is 5.75 Å². The molecule has 3 atom stereocenters. The Morgan fingerprint density at radius 3 is 2.52 bits per heavy atom. The standard InChI is InChI=1S/C21H28N2O2/c1-2-3-14-25-17-12-10-16(11-13-17)15-22-23-21(24)20-18-8-6-4-5-7-9-19(18)20/h4-5,10-13,15,18-20H,2-3,6-9,14H2,1H3,(H,23,24)/b5-4?,22-15-/t18-,19+,20?. The number of unbranched alkanes of at least 4 members (excludes halogenated alkanes) is 1. The second-order valence-corrected chi connectivity index (χ2v) is 6.98. The van der Waals surface area contributed by atoms with Crippen LogP contribution in [0, 0.1) is 17.8 Å². The maximum absolute atomic E-state index is 12.3. The van der Waals surface area contributed by atoms with Gasteiger partial charge in [-0.25, -0.2) is 5.43 Å². The minimum atomic E-state index is 0.0765. The molecule has 1 unspecified atom stereocenters. The molecule has 134 valence electrons. The largest absolute Gasteiger partial charge is 0.494 e. The number of amides is 1. The number of nitrogens with one attached hydrogen (secondary N) is 1. The van der Waals surface area contributed by atoms with Gasteiger partial charge in [0, 0.05) is 5.92 Å². The van der Waals surface area contributed by atoms with E-state index in [9.17, 15) is 4.79 Å². The Kier molecular flexibility index (Phi) is 6.26. The number of hydrazone groups is 1. The molecule has 1 amide bonds. The molecule has 0 saturated heterocycles. The summed E-state index contributed by atoms with van der Waals surface area (Å²) in [5.74, 6) is 2.22. The van der Waals surface area contributed by atoms with E-state index in [2.05, 4.69) is 29.6 Å². The van der Waals surface area contributed by atoms with Crippen LogP contribution in [0.4, 0.5) is 0 Å². The van der Waals surface area contributed by atoms with E-state index in [0.717, 1.165) is 56.4 Å². The molecule has 0 bridgehead atoms.